The van der Waals surface area contributed by atoms with E-state index in [1.807, 2.05) is 6.07 Å². The summed E-state index contributed by atoms with van der Waals surface area (Å²) < 4.78 is 28.6. The Morgan fingerprint density at radius 2 is 2.00 bits per heavy atom. The van der Waals surface area contributed by atoms with Crippen molar-refractivity contribution in [3.63, 3.8) is 0 Å². The lowest BCUT2D eigenvalue weighted by Crippen LogP contribution is -2.22. The quantitative estimate of drug-likeness (QED) is 0.918. The standard InChI is InChI=1S/C14H18O5S/c1-19-11-4-2-3-10(9-11)12-5-7-20(17,18)8-6-13(12)14(15)16/h2-4,9,12-13H,5-8H2,1H3,(H,15,16). The Hall–Kier alpha value is -1.56. The van der Waals surface area contributed by atoms with Crippen molar-refractivity contribution in [3.8, 4) is 5.75 Å². The molecule has 0 bridgehead atoms. The molecule has 1 N–H and O–H groups in total. The summed E-state index contributed by atoms with van der Waals surface area (Å²) in [4.78, 5) is 11.4. The van der Waals surface area contributed by atoms with Gasteiger partial charge in [-0.2, -0.15) is 0 Å². The third-order valence-electron chi connectivity index (χ3n) is 3.80. The summed E-state index contributed by atoms with van der Waals surface area (Å²) in [5.41, 5.74) is 0.828. The highest BCUT2D eigenvalue weighted by atomic mass is 32.2. The van der Waals surface area contributed by atoms with E-state index in [1.54, 1.807) is 25.3 Å². The fourth-order valence-corrected chi connectivity index (χ4v) is 4.11. The largest absolute Gasteiger partial charge is 0.497 e. The van der Waals surface area contributed by atoms with E-state index >= 15 is 0 Å². The molecular weight excluding hydrogens is 280 g/mol. The van der Waals surface area contributed by atoms with Crippen LogP contribution in [0.1, 0.15) is 24.3 Å². The maximum atomic E-state index is 11.7. The summed E-state index contributed by atoms with van der Waals surface area (Å²) in [6.45, 7) is 0. The molecule has 1 aromatic rings. The number of carbonyl (C=O) groups is 1. The zero-order valence-electron chi connectivity index (χ0n) is 11.3. The van der Waals surface area contributed by atoms with Crippen molar-refractivity contribution in [2.75, 3.05) is 18.6 Å². The molecule has 0 aliphatic carbocycles. The van der Waals surface area contributed by atoms with Gasteiger partial charge in [-0.15, -0.1) is 0 Å². The van der Waals surface area contributed by atoms with Gasteiger partial charge in [-0.1, -0.05) is 12.1 Å². The Morgan fingerprint density at radius 1 is 1.30 bits per heavy atom. The van der Waals surface area contributed by atoms with Gasteiger partial charge in [0, 0.05) is 0 Å². The molecule has 2 unspecified atom stereocenters. The molecule has 0 spiro atoms. The minimum Gasteiger partial charge on any atom is -0.497 e. The zero-order chi connectivity index (χ0) is 14.8. The van der Waals surface area contributed by atoms with E-state index in [0.29, 0.717) is 12.2 Å². The number of aliphatic carboxylic acids is 1. The summed E-state index contributed by atoms with van der Waals surface area (Å²) in [7, 11) is -1.59. The maximum Gasteiger partial charge on any atom is 0.307 e. The number of carboxylic acids is 1. The van der Waals surface area contributed by atoms with Gasteiger partial charge in [-0.25, -0.2) is 8.42 Å². The molecule has 20 heavy (non-hydrogen) atoms. The van der Waals surface area contributed by atoms with Crippen LogP contribution in [-0.2, 0) is 14.6 Å². The summed E-state index contributed by atoms with van der Waals surface area (Å²) in [5, 5.41) is 9.37. The molecule has 1 aliphatic rings. The van der Waals surface area contributed by atoms with Crippen molar-refractivity contribution in [1.29, 1.82) is 0 Å². The first-order chi connectivity index (χ1) is 9.43. The number of ether oxygens (including phenoxy) is 1. The second-order valence-electron chi connectivity index (χ2n) is 5.06. The Kier molecular flexibility index (Phi) is 4.32. The van der Waals surface area contributed by atoms with Crippen LogP contribution >= 0.6 is 0 Å². The molecule has 1 heterocycles. The van der Waals surface area contributed by atoms with Crippen LogP contribution in [0.5, 0.6) is 5.75 Å². The minimum atomic E-state index is -3.14. The number of benzene rings is 1. The average Bonchev–Trinajstić information content (AvgIpc) is 2.57. The molecule has 110 valence electrons. The lowest BCUT2D eigenvalue weighted by Gasteiger charge is -2.21. The van der Waals surface area contributed by atoms with Crippen LogP contribution in [0.4, 0.5) is 0 Å². The molecule has 0 aromatic heterocycles. The Balaban J connectivity index is 2.36. The molecule has 2 rings (SSSR count). The van der Waals surface area contributed by atoms with Gasteiger partial charge in [0.1, 0.15) is 15.6 Å². The molecule has 1 fully saturated rings. The highest BCUT2D eigenvalue weighted by Gasteiger charge is 2.34. The van der Waals surface area contributed by atoms with Gasteiger partial charge in [0.15, 0.2) is 0 Å². The maximum absolute atomic E-state index is 11.7. The summed E-state index contributed by atoms with van der Waals surface area (Å²) in [5.74, 6) is -1.25. The highest BCUT2D eigenvalue weighted by molar-refractivity contribution is 7.91. The van der Waals surface area contributed by atoms with Crippen molar-refractivity contribution in [2.45, 2.75) is 18.8 Å². The zero-order valence-corrected chi connectivity index (χ0v) is 12.1. The predicted octanol–water partition coefficient (Wildman–Crippen LogP) is 1.69. The fourth-order valence-electron chi connectivity index (χ4n) is 2.68. The van der Waals surface area contributed by atoms with Crippen LogP contribution in [0.2, 0.25) is 0 Å². The monoisotopic (exact) mass is 298 g/mol. The van der Waals surface area contributed by atoms with E-state index in [4.69, 9.17) is 4.74 Å². The molecule has 1 aromatic carbocycles. The van der Waals surface area contributed by atoms with Gasteiger partial charge in [-0.05, 0) is 36.5 Å². The first kappa shape index (κ1) is 14.8. The number of rotatable bonds is 3. The lowest BCUT2D eigenvalue weighted by molar-refractivity contribution is -0.142. The molecule has 0 saturated carbocycles. The van der Waals surface area contributed by atoms with Crippen LogP contribution in [0.25, 0.3) is 0 Å². The SMILES string of the molecule is COc1cccc(C2CCS(=O)(=O)CCC2C(=O)O)c1. The molecule has 0 radical (unpaired) electrons. The fraction of sp³-hybridized carbons (Fsp3) is 0.500. The molecule has 1 saturated heterocycles. The number of hydrogen-bond donors (Lipinski definition) is 1. The second-order valence-corrected chi connectivity index (χ2v) is 7.36. The number of hydrogen-bond acceptors (Lipinski definition) is 4. The van der Waals surface area contributed by atoms with Crippen LogP contribution in [0.3, 0.4) is 0 Å². The van der Waals surface area contributed by atoms with Crippen molar-refractivity contribution in [1.82, 2.24) is 0 Å². The molecule has 6 heteroatoms. The van der Waals surface area contributed by atoms with Gasteiger partial charge < -0.3 is 9.84 Å². The van der Waals surface area contributed by atoms with Gasteiger partial charge in [0.05, 0.1) is 24.5 Å². The lowest BCUT2D eigenvalue weighted by atomic mass is 9.82. The Bertz CT molecular complexity index is 593. The number of sulfone groups is 1. The van der Waals surface area contributed by atoms with E-state index < -0.39 is 21.7 Å². The normalized spacial score (nSPS) is 25.6. The summed E-state index contributed by atoms with van der Waals surface area (Å²) in [6.07, 6.45) is 0.506. The molecule has 0 amide bonds. The molecular formula is C14H18O5S. The van der Waals surface area contributed by atoms with E-state index in [1.165, 1.54) is 0 Å². The molecule has 5 nitrogen and oxygen atoms in total. The molecule has 2 atom stereocenters. The highest BCUT2D eigenvalue weighted by Crippen LogP contribution is 2.35. The van der Waals surface area contributed by atoms with Crippen molar-refractivity contribution >= 4 is 15.8 Å². The summed E-state index contributed by atoms with van der Waals surface area (Å²) in [6, 6.07) is 7.21. The van der Waals surface area contributed by atoms with Crippen LogP contribution < -0.4 is 4.74 Å². The van der Waals surface area contributed by atoms with E-state index in [0.717, 1.165) is 5.56 Å². The van der Waals surface area contributed by atoms with Gasteiger partial charge in [0.25, 0.3) is 0 Å². The van der Waals surface area contributed by atoms with Crippen molar-refractivity contribution < 1.29 is 23.1 Å². The third kappa shape index (κ3) is 3.30. The first-order valence-electron chi connectivity index (χ1n) is 6.50. The smallest absolute Gasteiger partial charge is 0.307 e. The number of carboxylic acid groups (broad SMARTS) is 1. The van der Waals surface area contributed by atoms with Crippen LogP contribution in [0.15, 0.2) is 24.3 Å². The average molecular weight is 298 g/mol. The van der Waals surface area contributed by atoms with Crippen LogP contribution in [0, 0.1) is 5.92 Å². The van der Waals surface area contributed by atoms with E-state index in [2.05, 4.69) is 0 Å². The first-order valence-corrected chi connectivity index (χ1v) is 8.32. The third-order valence-corrected chi connectivity index (χ3v) is 5.52. The topological polar surface area (TPSA) is 80.7 Å². The Morgan fingerprint density at radius 3 is 2.65 bits per heavy atom. The van der Waals surface area contributed by atoms with E-state index in [9.17, 15) is 18.3 Å². The second kappa shape index (κ2) is 5.83. The van der Waals surface area contributed by atoms with Crippen molar-refractivity contribution in [3.05, 3.63) is 29.8 Å². The predicted molar refractivity (Wildman–Crippen MR) is 74.7 cm³/mol. The van der Waals surface area contributed by atoms with Gasteiger partial charge in [-0.3, -0.25) is 4.79 Å². The summed E-state index contributed by atoms with van der Waals surface area (Å²) >= 11 is 0. The Labute approximate surface area is 118 Å². The van der Waals surface area contributed by atoms with E-state index in [-0.39, 0.29) is 23.8 Å². The minimum absolute atomic E-state index is 0.0403. The van der Waals surface area contributed by atoms with Gasteiger partial charge in [0.2, 0.25) is 0 Å². The van der Waals surface area contributed by atoms with Gasteiger partial charge >= 0.3 is 5.97 Å². The molecule has 1 aliphatic heterocycles. The number of methoxy groups -OCH3 is 1. The van der Waals surface area contributed by atoms with Crippen molar-refractivity contribution in [2.24, 2.45) is 5.92 Å². The van der Waals surface area contributed by atoms with Crippen LogP contribution in [-0.4, -0.2) is 38.1 Å².